The number of hydrogen-bond donors (Lipinski definition) is 1. The van der Waals surface area contributed by atoms with Gasteiger partial charge in [-0.1, -0.05) is 61.2 Å². The highest BCUT2D eigenvalue weighted by Gasteiger charge is 2.26. The van der Waals surface area contributed by atoms with Crippen molar-refractivity contribution in [1.29, 1.82) is 0 Å². The van der Waals surface area contributed by atoms with Gasteiger partial charge in [-0.25, -0.2) is 9.48 Å². The van der Waals surface area contributed by atoms with Gasteiger partial charge >= 0.3 is 5.97 Å². The number of aromatic nitrogens is 2. The second kappa shape index (κ2) is 10.00. The summed E-state index contributed by atoms with van der Waals surface area (Å²) in [5, 5.41) is 15.9. The fraction of sp³-hybridized carbons (Fsp3) is 0.286. The molecule has 3 aromatic carbocycles. The molecule has 0 spiro atoms. The SMILES string of the molecule is O=C(O)c1ccc(C(OCC2CCCCC2)c2c3ccccc3nn2-c2ccc(Cl)cc2)cc1. The van der Waals surface area contributed by atoms with E-state index < -0.39 is 12.1 Å². The number of carboxylic acids is 1. The maximum atomic E-state index is 11.4. The second-order valence-corrected chi connectivity index (χ2v) is 9.37. The van der Waals surface area contributed by atoms with Gasteiger partial charge in [0.1, 0.15) is 6.10 Å². The van der Waals surface area contributed by atoms with Crippen molar-refractivity contribution < 1.29 is 14.6 Å². The van der Waals surface area contributed by atoms with Gasteiger partial charge in [-0.2, -0.15) is 5.10 Å². The van der Waals surface area contributed by atoms with Crippen LogP contribution in [0.3, 0.4) is 0 Å². The van der Waals surface area contributed by atoms with Crippen LogP contribution >= 0.6 is 11.6 Å². The average Bonchev–Trinajstić information content (AvgIpc) is 3.25. The van der Waals surface area contributed by atoms with Crippen LogP contribution in [-0.4, -0.2) is 27.5 Å². The molecule has 0 radical (unpaired) electrons. The summed E-state index contributed by atoms with van der Waals surface area (Å²) in [6.07, 6.45) is 5.76. The van der Waals surface area contributed by atoms with Crippen LogP contribution in [0.5, 0.6) is 0 Å². The van der Waals surface area contributed by atoms with Crippen LogP contribution in [0, 0.1) is 5.92 Å². The first-order valence-corrected chi connectivity index (χ1v) is 12.2. The summed E-state index contributed by atoms with van der Waals surface area (Å²) in [5.74, 6) is -0.407. The standard InChI is InChI=1S/C28H27ClN2O3/c29-22-14-16-23(17-15-22)31-26(24-8-4-5-9-25(24)30-31)27(34-18-19-6-2-1-3-7-19)20-10-12-21(13-11-20)28(32)33/h4-5,8-17,19,27H,1-3,6-7,18H2,(H,32,33). The molecule has 34 heavy (non-hydrogen) atoms. The fourth-order valence-electron chi connectivity index (χ4n) is 4.80. The zero-order chi connectivity index (χ0) is 23.5. The van der Waals surface area contributed by atoms with Gasteiger partial charge in [-0.15, -0.1) is 0 Å². The molecule has 5 nitrogen and oxygen atoms in total. The lowest BCUT2D eigenvalue weighted by atomic mass is 9.90. The van der Waals surface area contributed by atoms with Gasteiger partial charge in [0.05, 0.1) is 29.1 Å². The van der Waals surface area contributed by atoms with E-state index in [9.17, 15) is 9.90 Å². The molecule has 0 bridgehead atoms. The van der Waals surface area contributed by atoms with Crippen LogP contribution in [-0.2, 0) is 4.74 Å². The molecule has 1 aliphatic carbocycles. The molecule has 0 amide bonds. The molecular weight excluding hydrogens is 448 g/mol. The predicted octanol–water partition coefficient (Wildman–Crippen LogP) is 7.06. The Morgan fingerprint density at radius 2 is 1.71 bits per heavy atom. The molecule has 1 aliphatic rings. The van der Waals surface area contributed by atoms with Crippen LogP contribution in [0.1, 0.15) is 59.8 Å². The monoisotopic (exact) mass is 474 g/mol. The quantitative estimate of drug-likeness (QED) is 0.311. The first kappa shape index (κ1) is 22.6. The summed E-state index contributed by atoms with van der Waals surface area (Å²) >= 11 is 6.15. The predicted molar refractivity (Wildman–Crippen MR) is 134 cm³/mol. The Bertz CT molecular complexity index is 1280. The summed E-state index contributed by atoms with van der Waals surface area (Å²) < 4.78 is 8.60. The van der Waals surface area contributed by atoms with Gasteiger partial charge < -0.3 is 9.84 Å². The molecule has 4 aromatic rings. The zero-order valence-electron chi connectivity index (χ0n) is 18.9. The van der Waals surface area contributed by atoms with E-state index >= 15 is 0 Å². The number of aromatic carboxylic acids is 1. The van der Waals surface area contributed by atoms with Gasteiger partial charge in [-0.3, -0.25) is 0 Å². The highest BCUT2D eigenvalue weighted by atomic mass is 35.5. The maximum absolute atomic E-state index is 11.4. The fourth-order valence-corrected chi connectivity index (χ4v) is 4.93. The normalized spacial score (nSPS) is 15.4. The third kappa shape index (κ3) is 4.72. The number of ether oxygens (including phenoxy) is 1. The molecular formula is C28H27ClN2O3. The smallest absolute Gasteiger partial charge is 0.335 e. The van der Waals surface area contributed by atoms with E-state index in [2.05, 4.69) is 6.07 Å². The van der Waals surface area contributed by atoms with E-state index in [1.54, 1.807) is 12.1 Å². The minimum atomic E-state index is -0.942. The van der Waals surface area contributed by atoms with E-state index in [4.69, 9.17) is 21.4 Å². The topological polar surface area (TPSA) is 64.3 Å². The molecule has 5 rings (SSSR count). The minimum Gasteiger partial charge on any atom is -0.478 e. The van der Waals surface area contributed by atoms with Crippen molar-refractivity contribution in [3.8, 4) is 5.69 Å². The van der Waals surface area contributed by atoms with Gasteiger partial charge in [-0.05, 0) is 66.8 Å². The maximum Gasteiger partial charge on any atom is 0.335 e. The van der Waals surface area contributed by atoms with Crippen LogP contribution in [0.2, 0.25) is 5.02 Å². The molecule has 1 unspecified atom stereocenters. The van der Waals surface area contributed by atoms with E-state index in [0.29, 0.717) is 17.5 Å². The molecule has 0 aliphatic heterocycles. The summed E-state index contributed by atoms with van der Waals surface area (Å²) in [7, 11) is 0. The van der Waals surface area contributed by atoms with E-state index in [-0.39, 0.29) is 5.56 Å². The van der Waals surface area contributed by atoms with Crippen LogP contribution in [0.15, 0.2) is 72.8 Å². The largest absolute Gasteiger partial charge is 0.478 e. The molecule has 0 saturated heterocycles. The van der Waals surface area contributed by atoms with Crippen molar-refractivity contribution in [2.75, 3.05) is 6.61 Å². The Kier molecular flexibility index (Phi) is 6.66. The third-order valence-corrected chi connectivity index (χ3v) is 6.87. The van der Waals surface area contributed by atoms with Crippen LogP contribution in [0.4, 0.5) is 0 Å². The summed E-state index contributed by atoms with van der Waals surface area (Å²) in [6.45, 7) is 0.658. The van der Waals surface area contributed by atoms with E-state index in [1.165, 1.54) is 32.1 Å². The Morgan fingerprint density at radius 1 is 1.00 bits per heavy atom. The number of carboxylic acid groups (broad SMARTS) is 1. The van der Waals surface area contributed by atoms with Crippen molar-refractivity contribution in [2.45, 2.75) is 38.2 Å². The van der Waals surface area contributed by atoms with Crippen molar-refractivity contribution in [1.82, 2.24) is 9.78 Å². The zero-order valence-corrected chi connectivity index (χ0v) is 19.6. The van der Waals surface area contributed by atoms with Crippen molar-refractivity contribution in [2.24, 2.45) is 5.92 Å². The van der Waals surface area contributed by atoms with Crippen LogP contribution < -0.4 is 0 Å². The van der Waals surface area contributed by atoms with Gasteiger partial charge in [0.25, 0.3) is 0 Å². The Hall–Kier alpha value is -3.15. The van der Waals surface area contributed by atoms with E-state index in [1.807, 2.05) is 59.3 Å². The number of fused-ring (bicyclic) bond motifs is 1. The van der Waals surface area contributed by atoms with Crippen molar-refractivity contribution in [3.63, 3.8) is 0 Å². The molecule has 1 N–H and O–H groups in total. The lowest BCUT2D eigenvalue weighted by molar-refractivity contribution is 0.0392. The average molecular weight is 475 g/mol. The Balaban J connectivity index is 1.62. The highest BCUT2D eigenvalue weighted by molar-refractivity contribution is 6.30. The molecule has 1 aromatic heterocycles. The van der Waals surface area contributed by atoms with Gasteiger partial charge in [0, 0.05) is 10.4 Å². The lowest BCUT2D eigenvalue weighted by Crippen LogP contribution is -2.19. The number of hydrogen-bond acceptors (Lipinski definition) is 3. The first-order chi connectivity index (χ1) is 16.6. The number of nitrogens with zero attached hydrogens (tertiary/aromatic N) is 2. The van der Waals surface area contributed by atoms with Crippen LogP contribution in [0.25, 0.3) is 16.6 Å². The van der Waals surface area contributed by atoms with Gasteiger partial charge in [0.15, 0.2) is 0 Å². The highest BCUT2D eigenvalue weighted by Crippen LogP contribution is 2.35. The molecule has 174 valence electrons. The van der Waals surface area contributed by atoms with E-state index in [0.717, 1.165) is 27.8 Å². The van der Waals surface area contributed by atoms with Crippen molar-refractivity contribution >= 4 is 28.5 Å². The second-order valence-electron chi connectivity index (χ2n) is 8.94. The molecule has 1 atom stereocenters. The summed E-state index contributed by atoms with van der Waals surface area (Å²) in [5.41, 5.74) is 3.86. The number of halogens is 1. The first-order valence-electron chi connectivity index (χ1n) is 11.8. The molecule has 1 fully saturated rings. The number of benzene rings is 3. The summed E-state index contributed by atoms with van der Waals surface area (Å²) in [6, 6.07) is 22.6. The minimum absolute atomic E-state index is 0.255. The Labute approximate surface area is 203 Å². The van der Waals surface area contributed by atoms with Gasteiger partial charge in [0.2, 0.25) is 0 Å². The number of carbonyl (C=O) groups is 1. The molecule has 1 heterocycles. The molecule has 6 heteroatoms. The Morgan fingerprint density at radius 3 is 2.41 bits per heavy atom. The number of rotatable bonds is 7. The third-order valence-electron chi connectivity index (χ3n) is 6.62. The molecule has 1 saturated carbocycles. The lowest BCUT2D eigenvalue weighted by Gasteiger charge is -2.26. The summed E-state index contributed by atoms with van der Waals surface area (Å²) in [4.78, 5) is 11.4. The van der Waals surface area contributed by atoms with Crippen molar-refractivity contribution in [3.05, 3.63) is 94.6 Å².